The van der Waals surface area contributed by atoms with Crippen molar-refractivity contribution in [3.8, 4) is 0 Å². The summed E-state index contributed by atoms with van der Waals surface area (Å²) in [4.78, 5) is 14.0. The molecule has 22 heavy (non-hydrogen) atoms. The van der Waals surface area contributed by atoms with Crippen LogP contribution in [0, 0.1) is 0 Å². The summed E-state index contributed by atoms with van der Waals surface area (Å²) in [6.07, 6.45) is 0.568. The maximum absolute atomic E-state index is 11.9. The first-order valence-electron chi connectivity index (χ1n) is 7.52. The molecule has 1 aliphatic heterocycles. The van der Waals surface area contributed by atoms with E-state index in [1.807, 2.05) is 31.3 Å². The molecular formula is C16H23ClN2O3. The van der Waals surface area contributed by atoms with E-state index in [9.17, 15) is 4.79 Å². The SMILES string of the molecule is CN(CCC(=O)NCc1cccc(Cl)c1)C[C@@H]1COCCO1. The van der Waals surface area contributed by atoms with Gasteiger partial charge in [-0.1, -0.05) is 23.7 Å². The largest absolute Gasteiger partial charge is 0.376 e. The van der Waals surface area contributed by atoms with Gasteiger partial charge in [0, 0.05) is 31.1 Å². The molecule has 0 aliphatic carbocycles. The Kier molecular flexibility index (Phi) is 7.12. The Morgan fingerprint density at radius 2 is 2.32 bits per heavy atom. The van der Waals surface area contributed by atoms with E-state index in [0.29, 0.717) is 44.4 Å². The summed E-state index contributed by atoms with van der Waals surface area (Å²) in [6.45, 7) is 3.93. The lowest BCUT2D eigenvalue weighted by Crippen LogP contribution is -2.39. The van der Waals surface area contributed by atoms with Crippen molar-refractivity contribution < 1.29 is 14.3 Å². The van der Waals surface area contributed by atoms with Gasteiger partial charge in [0.25, 0.3) is 0 Å². The molecule has 122 valence electrons. The van der Waals surface area contributed by atoms with Gasteiger partial charge in [-0.15, -0.1) is 0 Å². The summed E-state index contributed by atoms with van der Waals surface area (Å²) >= 11 is 5.91. The highest BCUT2D eigenvalue weighted by atomic mass is 35.5. The van der Waals surface area contributed by atoms with E-state index in [0.717, 1.165) is 12.1 Å². The van der Waals surface area contributed by atoms with Crippen molar-refractivity contribution in [1.82, 2.24) is 10.2 Å². The summed E-state index contributed by atoms with van der Waals surface area (Å²) in [5, 5.41) is 3.59. The minimum atomic E-state index is 0.0349. The van der Waals surface area contributed by atoms with E-state index in [4.69, 9.17) is 21.1 Å². The second kappa shape index (κ2) is 9.10. The van der Waals surface area contributed by atoms with Gasteiger partial charge >= 0.3 is 0 Å². The minimum Gasteiger partial charge on any atom is -0.376 e. The van der Waals surface area contributed by atoms with Crippen molar-refractivity contribution in [2.24, 2.45) is 0 Å². The summed E-state index contributed by atoms with van der Waals surface area (Å²) in [5.41, 5.74) is 1.00. The van der Waals surface area contributed by atoms with Crippen molar-refractivity contribution in [3.63, 3.8) is 0 Å². The van der Waals surface area contributed by atoms with Crippen molar-refractivity contribution in [3.05, 3.63) is 34.9 Å². The van der Waals surface area contributed by atoms with Gasteiger partial charge < -0.3 is 19.7 Å². The number of nitrogens with one attached hydrogen (secondary N) is 1. The minimum absolute atomic E-state index is 0.0349. The second-order valence-corrected chi connectivity index (χ2v) is 5.92. The van der Waals surface area contributed by atoms with Gasteiger partial charge in [-0.25, -0.2) is 0 Å². The normalized spacial score (nSPS) is 18.4. The smallest absolute Gasteiger partial charge is 0.221 e. The van der Waals surface area contributed by atoms with Crippen LogP contribution in [-0.4, -0.2) is 56.9 Å². The van der Waals surface area contributed by atoms with E-state index in [2.05, 4.69) is 10.2 Å². The van der Waals surface area contributed by atoms with Crippen LogP contribution in [0.1, 0.15) is 12.0 Å². The average Bonchev–Trinajstić information content (AvgIpc) is 2.52. The monoisotopic (exact) mass is 326 g/mol. The summed E-state index contributed by atoms with van der Waals surface area (Å²) < 4.78 is 11.0. The first-order chi connectivity index (χ1) is 10.6. The second-order valence-electron chi connectivity index (χ2n) is 5.49. The molecule has 1 aromatic rings. The summed E-state index contributed by atoms with van der Waals surface area (Å²) in [6, 6.07) is 7.50. The zero-order valence-electron chi connectivity index (χ0n) is 12.9. The van der Waals surface area contributed by atoms with Crippen molar-refractivity contribution in [2.45, 2.75) is 19.1 Å². The number of hydrogen-bond donors (Lipinski definition) is 1. The Bertz CT molecular complexity index is 478. The zero-order chi connectivity index (χ0) is 15.8. The number of rotatable bonds is 7. The number of carbonyl (C=O) groups is 1. The highest BCUT2D eigenvalue weighted by molar-refractivity contribution is 6.30. The number of carbonyl (C=O) groups excluding carboxylic acids is 1. The molecular weight excluding hydrogens is 304 g/mol. The van der Waals surface area contributed by atoms with Gasteiger partial charge in [-0.3, -0.25) is 4.79 Å². The molecule has 0 saturated carbocycles. The maximum atomic E-state index is 11.9. The molecule has 1 aliphatic rings. The first kappa shape index (κ1) is 17.2. The summed E-state index contributed by atoms with van der Waals surface area (Å²) in [5.74, 6) is 0.0349. The van der Waals surface area contributed by atoms with Crippen molar-refractivity contribution in [2.75, 3.05) is 40.0 Å². The van der Waals surface area contributed by atoms with Crippen LogP contribution >= 0.6 is 11.6 Å². The lowest BCUT2D eigenvalue weighted by Gasteiger charge is -2.27. The molecule has 1 atom stereocenters. The first-order valence-corrected chi connectivity index (χ1v) is 7.90. The van der Waals surface area contributed by atoms with Crippen LogP contribution in [-0.2, 0) is 20.8 Å². The Hall–Kier alpha value is -1.14. The third kappa shape index (κ3) is 6.32. The van der Waals surface area contributed by atoms with Crippen LogP contribution in [0.5, 0.6) is 0 Å². The molecule has 2 rings (SSSR count). The molecule has 0 unspecified atom stereocenters. The van der Waals surface area contributed by atoms with Crippen molar-refractivity contribution >= 4 is 17.5 Å². The van der Waals surface area contributed by atoms with Crippen LogP contribution in [0.4, 0.5) is 0 Å². The van der Waals surface area contributed by atoms with E-state index in [-0.39, 0.29) is 12.0 Å². The Morgan fingerprint density at radius 1 is 1.45 bits per heavy atom. The van der Waals surface area contributed by atoms with Gasteiger partial charge in [0.2, 0.25) is 5.91 Å². The Labute approximate surface area is 136 Å². The Balaban J connectivity index is 1.62. The van der Waals surface area contributed by atoms with E-state index in [1.165, 1.54) is 0 Å². The molecule has 5 nitrogen and oxygen atoms in total. The number of hydrogen-bond acceptors (Lipinski definition) is 4. The third-order valence-electron chi connectivity index (χ3n) is 3.50. The van der Waals surface area contributed by atoms with Crippen LogP contribution in [0.25, 0.3) is 0 Å². The van der Waals surface area contributed by atoms with Gasteiger partial charge in [0.15, 0.2) is 0 Å². The number of benzene rings is 1. The molecule has 1 fully saturated rings. The quantitative estimate of drug-likeness (QED) is 0.828. The fourth-order valence-electron chi connectivity index (χ4n) is 2.31. The topological polar surface area (TPSA) is 50.8 Å². The zero-order valence-corrected chi connectivity index (χ0v) is 13.6. The molecule has 0 spiro atoms. The fraction of sp³-hybridized carbons (Fsp3) is 0.562. The predicted octanol–water partition coefficient (Wildman–Crippen LogP) is 1.69. The van der Waals surface area contributed by atoms with Crippen molar-refractivity contribution in [1.29, 1.82) is 0 Å². The molecule has 0 aromatic heterocycles. The van der Waals surface area contributed by atoms with Gasteiger partial charge in [-0.05, 0) is 24.7 Å². The van der Waals surface area contributed by atoms with Gasteiger partial charge in [-0.2, -0.15) is 0 Å². The average molecular weight is 327 g/mol. The Morgan fingerprint density at radius 3 is 3.05 bits per heavy atom. The molecule has 1 saturated heterocycles. The molecule has 0 radical (unpaired) electrons. The maximum Gasteiger partial charge on any atom is 0.221 e. The molecule has 1 heterocycles. The molecule has 1 aromatic carbocycles. The molecule has 0 bridgehead atoms. The van der Waals surface area contributed by atoms with Crippen LogP contribution in [0.3, 0.4) is 0 Å². The number of nitrogens with zero attached hydrogens (tertiary/aromatic N) is 1. The fourth-order valence-corrected chi connectivity index (χ4v) is 2.52. The van der Waals surface area contributed by atoms with E-state index in [1.54, 1.807) is 0 Å². The third-order valence-corrected chi connectivity index (χ3v) is 3.73. The van der Waals surface area contributed by atoms with Crippen LogP contribution < -0.4 is 5.32 Å². The molecule has 6 heteroatoms. The van der Waals surface area contributed by atoms with Gasteiger partial charge in [0.1, 0.15) is 0 Å². The summed E-state index contributed by atoms with van der Waals surface area (Å²) in [7, 11) is 1.99. The van der Waals surface area contributed by atoms with Crippen LogP contribution in [0.15, 0.2) is 24.3 Å². The standard InChI is InChI=1S/C16H23ClN2O3/c1-19(11-15-12-21-7-8-22-15)6-5-16(20)18-10-13-3-2-4-14(17)9-13/h2-4,9,15H,5-8,10-12H2,1H3,(H,18,20)/t15-/m1/s1. The lowest BCUT2D eigenvalue weighted by atomic mass is 10.2. The van der Waals surface area contributed by atoms with Gasteiger partial charge in [0.05, 0.1) is 25.9 Å². The highest BCUT2D eigenvalue weighted by Gasteiger charge is 2.16. The van der Waals surface area contributed by atoms with Crippen LogP contribution in [0.2, 0.25) is 5.02 Å². The van der Waals surface area contributed by atoms with E-state index >= 15 is 0 Å². The number of likely N-dealkylation sites (N-methyl/N-ethyl adjacent to an activating group) is 1. The molecule has 1 N–H and O–H groups in total. The number of amides is 1. The molecule has 1 amide bonds. The highest BCUT2D eigenvalue weighted by Crippen LogP contribution is 2.10. The number of halogens is 1. The van der Waals surface area contributed by atoms with E-state index < -0.39 is 0 Å². The predicted molar refractivity (Wildman–Crippen MR) is 86.0 cm³/mol. The lowest BCUT2D eigenvalue weighted by molar-refractivity contribution is -0.122. The number of ether oxygens (including phenoxy) is 2.